The zero-order valence-corrected chi connectivity index (χ0v) is 15.8. The van der Waals surface area contributed by atoms with Gasteiger partial charge in [-0.25, -0.2) is 13.2 Å². The van der Waals surface area contributed by atoms with Crippen molar-refractivity contribution >= 4 is 17.5 Å². The number of nitrogens with zero attached hydrogens (tertiary/aromatic N) is 1. The molecule has 0 saturated carbocycles. The molecule has 0 unspecified atom stereocenters. The number of halogens is 3. The van der Waals surface area contributed by atoms with Gasteiger partial charge >= 0.3 is 0 Å². The second-order valence-electron chi connectivity index (χ2n) is 6.39. The SMILES string of the molecule is Cc1ccc(C)c(OCCC(=O)N(C)CC(=O)Nc2ccc(F)c(F)c2F)c1. The smallest absolute Gasteiger partial charge is 0.244 e. The topological polar surface area (TPSA) is 58.6 Å². The van der Waals surface area contributed by atoms with Gasteiger partial charge in [-0.2, -0.15) is 0 Å². The molecule has 0 aromatic heterocycles. The number of ether oxygens (including phenoxy) is 1. The Morgan fingerprint density at radius 1 is 1.07 bits per heavy atom. The third kappa shape index (κ3) is 5.48. The Bertz CT molecular complexity index is 887. The number of carbonyl (C=O) groups is 2. The fraction of sp³-hybridized carbons (Fsp3) is 0.300. The zero-order valence-electron chi connectivity index (χ0n) is 15.8. The summed E-state index contributed by atoms with van der Waals surface area (Å²) in [7, 11) is 1.40. The van der Waals surface area contributed by atoms with E-state index < -0.39 is 29.0 Å². The van der Waals surface area contributed by atoms with Gasteiger partial charge in [-0.1, -0.05) is 12.1 Å². The van der Waals surface area contributed by atoms with Gasteiger partial charge in [0, 0.05) is 7.05 Å². The molecule has 0 heterocycles. The standard InChI is InChI=1S/C20H21F3N2O3/c1-12-4-5-13(2)16(10-12)28-9-8-18(27)25(3)11-17(26)24-15-7-6-14(21)19(22)20(15)23/h4-7,10H,8-9,11H2,1-3H3,(H,24,26). The number of aryl methyl sites for hydroxylation is 2. The molecule has 0 radical (unpaired) electrons. The van der Waals surface area contributed by atoms with E-state index in [4.69, 9.17) is 4.74 Å². The highest BCUT2D eigenvalue weighted by atomic mass is 19.2. The van der Waals surface area contributed by atoms with Crippen LogP contribution < -0.4 is 10.1 Å². The molecule has 28 heavy (non-hydrogen) atoms. The molecule has 1 N–H and O–H groups in total. The van der Waals surface area contributed by atoms with Crippen molar-refractivity contribution in [1.82, 2.24) is 4.90 Å². The zero-order chi connectivity index (χ0) is 20.8. The molecule has 2 rings (SSSR count). The Morgan fingerprint density at radius 2 is 1.79 bits per heavy atom. The van der Waals surface area contributed by atoms with Crippen LogP contribution in [0.1, 0.15) is 17.5 Å². The fourth-order valence-electron chi connectivity index (χ4n) is 2.42. The summed E-state index contributed by atoms with van der Waals surface area (Å²) < 4.78 is 45.3. The second kappa shape index (κ2) is 9.25. The summed E-state index contributed by atoms with van der Waals surface area (Å²) in [5, 5.41) is 2.11. The highest BCUT2D eigenvalue weighted by Gasteiger charge is 2.17. The summed E-state index contributed by atoms with van der Waals surface area (Å²) in [6.07, 6.45) is 0.0384. The number of benzene rings is 2. The van der Waals surface area contributed by atoms with Gasteiger partial charge in [-0.15, -0.1) is 0 Å². The first-order valence-corrected chi connectivity index (χ1v) is 8.56. The average Bonchev–Trinajstić information content (AvgIpc) is 2.64. The molecule has 5 nitrogen and oxygen atoms in total. The molecule has 8 heteroatoms. The molecule has 0 atom stereocenters. The lowest BCUT2D eigenvalue weighted by Gasteiger charge is -2.17. The van der Waals surface area contributed by atoms with Crippen LogP contribution in [-0.2, 0) is 9.59 Å². The van der Waals surface area contributed by atoms with Crippen molar-refractivity contribution in [1.29, 1.82) is 0 Å². The van der Waals surface area contributed by atoms with Crippen LogP contribution in [0.3, 0.4) is 0 Å². The van der Waals surface area contributed by atoms with Crippen molar-refractivity contribution in [3.8, 4) is 5.75 Å². The van der Waals surface area contributed by atoms with Crippen molar-refractivity contribution in [3.63, 3.8) is 0 Å². The van der Waals surface area contributed by atoms with Gasteiger partial charge in [-0.3, -0.25) is 9.59 Å². The molecule has 2 aromatic carbocycles. The predicted octanol–water partition coefficient (Wildman–Crippen LogP) is 3.59. The average molecular weight is 394 g/mol. The van der Waals surface area contributed by atoms with Crippen molar-refractivity contribution in [2.24, 2.45) is 0 Å². The molecule has 0 aliphatic rings. The van der Waals surface area contributed by atoms with Gasteiger partial charge in [0.05, 0.1) is 25.3 Å². The van der Waals surface area contributed by atoms with Gasteiger partial charge in [0.25, 0.3) is 0 Å². The van der Waals surface area contributed by atoms with Gasteiger partial charge < -0.3 is 15.0 Å². The summed E-state index contributed by atoms with van der Waals surface area (Å²) in [6.45, 7) is 3.58. The normalized spacial score (nSPS) is 10.5. The molecule has 0 bridgehead atoms. The number of rotatable bonds is 7. The van der Waals surface area contributed by atoms with Crippen LogP contribution >= 0.6 is 0 Å². The molecule has 0 spiro atoms. The van der Waals surface area contributed by atoms with Crippen molar-refractivity contribution in [2.45, 2.75) is 20.3 Å². The second-order valence-corrected chi connectivity index (χ2v) is 6.39. The third-order valence-electron chi connectivity index (χ3n) is 4.03. The highest BCUT2D eigenvalue weighted by molar-refractivity contribution is 5.94. The van der Waals surface area contributed by atoms with Crippen molar-refractivity contribution < 1.29 is 27.5 Å². The maximum atomic E-state index is 13.6. The van der Waals surface area contributed by atoms with Crippen LogP contribution in [0, 0.1) is 31.3 Å². The van der Waals surface area contributed by atoms with Gasteiger partial charge in [-0.05, 0) is 43.2 Å². The van der Waals surface area contributed by atoms with Gasteiger partial charge in [0.15, 0.2) is 17.5 Å². The summed E-state index contributed by atoms with van der Waals surface area (Å²) in [5.41, 5.74) is 1.48. The number of hydrogen-bond donors (Lipinski definition) is 1. The number of carbonyl (C=O) groups excluding carboxylic acids is 2. The first kappa shape index (κ1) is 21.3. The molecule has 2 aromatic rings. The van der Waals surface area contributed by atoms with E-state index in [9.17, 15) is 22.8 Å². The Kier molecular flexibility index (Phi) is 7.03. The first-order valence-electron chi connectivity index (χ1n) is 8.56. The molecule has 0 aliphatic heterocycles. The lowest BCUT2D eigenvalue weighted by Crippen LogP contribution is -2.35. The summed E-state index contributed by atoms with van der Waals surface area (Å²) in [4.78, 5) is 25.2. The van der Waals surface area contributed by atoms with E-state index in [1.807, 2.05) is 32.0 Å². The van der Waals surface area contributed by atoms with E-state index in [1.54, 1.807) is 0 Å². The fourth-order valence-corrected chi connectivity index (χ4v) is 2.42. The number of hydrogen-bond acceptors (Lipinski definition) is 3. The number of amides is 2. The molecule has 150 valence electrons. The molecule has 2 amide bonds. The maximum absolute atomic E-state index is 13.6. The van der Waals surface area contributed by atoms with Crippen LogP contribution in [-0.4, -0.2) is 36.9 Å². The molecular weight excluding hydrogens is 373 g/mol. The third-order valence-corrected chi connectivity index (χ3v) is 4.03. The number of nitrogens with one attached hydrogen (secondary N) is 1. The van der Waals surface area contributed by atoms with E-state index in [-0.39, 0.29) is 25.5 Å². The number of anilines is 1. The first-order chi connectivity index (χ1) is 13.2. The Labute approximate surface area is 161 Å². The van der Waals surface area contributed by atoms with Gasteiger partial charge in [0.1, 0.15) is 5.75 Å². The minimum atomic E-state index is -1.68. The largest absolute Gasteiger partial charge is 0.493 e. The quantitative estimate of drug-likeness (QED) is 0.731. The summed E-state index contributed by atoms with van der Waals surface area (Å²) in [5.74, 6) is -4.94. The van der Waals surface area contributed by atoms with E-state index in [2.05, 4.69) is 5.32 Å². The van der Waals surface area contributed by atoms with Crippen LogP contribution in [0.4, 0.5) is 18.9 Å². The Morgan fingerprint density at radius 3 is 2.50 bits per heavy atom. The molecule has 0 saturated heterocycles. The summed E-state index contributed by atoms with van der Waals surface area (Å²) >= 11 is 0. The molecular formula is C20H21F3N2O3. The Balaban J connectivity index is 1.84. The molecule has 0 aliphatic carbocycles. The predicted molar refractivity (Wildman–Crippen MR) is 98.6 cm³/mol. The molecule has 0 fully saturated rings. The van der Waals surface area contributed by atoms with Crippen LogP contribution in [0.5, 0.6) is 5.75 Å². The minimum absolute atomic E-state index is 0.0384. The highest BCUT2D eigenvalue weighted by Crippen LogP contribution is 2.20. The van der Waals surface area contributed by atoms with Crippen molar-refractivity contribution in [3.05, 3.63) is 58.9 Å². The number of likely N-dealkylation sites (N-methyl/N-ethyl adjacent to an activating group) is 1. The lowest BCUT2D eigenvalue weighted by atomic mass is 10.1. The van der Waals surface area contributed by atoms with Gasteiger partial charge in [0.2, 0.25) is 11.8 Å². The van der Waals surface area contributed by atoms with E-state index in [1.165, 1.54) is 7.05 Å². The van der Waals surface area contributed by atoms with Crippen LogP contribution in [0.25, 0.3) is 0 Å². The van der Waals surface area contributed by atoms with E-state index in [0.717, 1.165) is 22.1 Å². The van der Waals surface area contributed by atoms with Crippen molar-refractivity contribution in [2.75, 3.05) is 25.5 Å². The minimum Gasteiger partial charge on any atom is -0.493 e. The van der Waals surface area contributed by atoms with Crippen LogP contribution in [0.2, 0.25) is 0 Å². The maximum Gasteiger partial charge on any atom is 0.244 e. The van der Waals surface area contributed by atoms with E-state index >= 15 is 0 Å². The lowest BCUT2D eigenvalue weighted by molar-refractivity contribution is -0.133. The Hall–Kier alpha value is -3.03. The van der Waals surface area contributed by atoms with E-state index in [0.29, 0.717) is 11.8 Å². The van der Waals surface area contributed by atoms with Crippen LogP contribution in [0.15, 0.2) is 30.3 Å². The monoisotopic (exact) mass is 394 g/mol. The summed E-state index contributed by atoms with van der Waals surface area (Å²) in [6, 6.07) is 7.35.